The Morgan fingerprint density at radius 1 is 1.11 bits per heavy atom. The van der Waals surface area contributed by atoms with Gasteiger partial charge in [0.05, 0.1) is 0 Å². The highest BCUT2D eigenvalue weighted by atomic mass is 79.9. The quantitative estimate of drug-likeness (QED) is 0.912. The van der Waals surface area contributed by atoms with Gasteiger partial charge >= 0.3 is 0 Å². The van der Waals surface area contributed by atoms with Crippen molar-refractivity contribution in [3.8, 4) is 0 Å². The summed E-state index contributed by atoms with van der Waals surface area (Å²) in [5.41, 5.74) is 1.49. The number of hydrogen-bond donors (Lipinski definition) is 1. The van der Waals surface area contributed by atoms with Crippen molar-refractivity contribution in [1.29, 1.82) is 0 Å². The molecule has 2 nitrogen and oxygen atoms in total. The Balaban J connectivity index is 1.39. The molecule has 0 atom stereocenters. The maximum atomic E-state index is 5.40. The largest absolute Gasteiger partial charge is 0.381 e. The van der Waals surface area contributed by atoms with Crippen LogP contribution in [0.4, 0.5) is 0 Å². The topological polar surface area (TPSA) is 21.3 Å². The number of ether oxygens (including phenoxy) is 1. The Labute approximate surface area is 124 Å². The maximum Gasteiger partial charge on any atom is 0.0469 e. The minimum Gasteiger partial charge on any atom is -0.381 e. The second-order valence-electron chi connectivity index (χ2n) is 5.88. The number of benzene rings is 1. The van der Waals surface area contributed by atoms with Gasteiger partial charge in [0.2, 0.25) is 0 Å². The third-order valence-corrected chi connectivity index (χ3v) is 5.04. The van der Waals surface area contributed by atoms with Crippen molar-refractivity contribution >= 4 is 15.9 Å². The lowest BCUT2D eigenvalue weighted by Crippen LogP contribution is -2.42. The van der Waals surface area contributed by atoms with Crippen LogP contribution in [-0.2, 0) is 4.74 Å². The molecule has 1 saturated carbocycles. The predicted octanol–water partition coefficient (Wildman–Crippen LogP) is 3.71. The van der Waals surface area contributed by atoms with Crippen LogP contribution in [0.15, 0.2) is 28.7 Å². The second kappa shape index (κ2) is 6.38. The van der Waals surface area contributed by atoms with Gasteiger partial charge in [-0.05, 0) is 61.8 Å². The van der Waals surface area contributed by atoms with Crippen molar-refractivity contribution in [2.24, 2.45) is 5.92 Å². The standard InChI is InChI=1S/C16H22BrNO/c17-15-3-1-13(2-4-15)14-9-16(10-14)18-11-12-5-7-19-8-6-12/h1-4,12,14,16,18H,5-11H2. The molecule has 2 fully saturated rings. The molecule has 19 heavy (non-hydrogen) atoms. The molecular weight excluding hydrogens is 302 g/mol. The Bertz CT molecular complexity index is 394. The van der Waals surface area contributed by atoms with E-state index in [1.165, 1.54) is 42.3 Å². The Hall–Kier alpha value is -0.380. The molecule has 0 amide bonds. The van der Waals surface area contributed by atoms with Gasteiger partial charge in [-0.2, -0.15) is 0 Å². The van der Waals surface area contributed by atoms with Crippen molar-refractivity contribution in [2.75, 3.05) is 19.8 Å². The molecule has 104 valence electrons. The van der Waals surface area contributed by atoms with E-state index >= 15 is 0 Å². The summed E-state index contributed by atoms with van der Waals surface area (Å²) >= 11 is 3.49. The SMILES string of the molecule is Brc1ccc(C2CC(NCC3CCOCC3)C2)cc1. The van der Waals surface area contributed by atoms with Crippen LogP contribution in [0.1, 0.15) is 37.2 Å². The van der Waals surface area contributed by atoms with Gasteiger partial charge in [-0.1, -0.05) is 28.1 Å². The first kappa shape index (κ1) is 13.6. The number of rotatable bonds is 4. The zero-order chi connectivity index (χ0) is 13.1. The minimum atomic E-state index is 0.733. The van der Waals surface area contributed by atoms with Crippen LogP contribution < -0.4 is 5.32 Å². The monoisotopic (exact) mass is 323 g/mol. The van der Waals surface area contributed by atoms with E-state index in [0.717, 1.165) is 31.1 Å². The van der Waals surface area contributed by atoms with Crippen molar-refractivity contribution in [1.82, 2.24) is 5.32 Å². The van der Waals surface area contributed by atoms with Crippen molar-refractivity contribution < 1.29 is 4.74 Å². The van der Waals surface area contributed by atoms with E-state index in [0.29, 0.717) is 0 Å². The van der Waals surface area contributed by atoms with Crippen LogP contribution in [0, 0.1) is 5.92 Å². The summed E-state index contributed by atoms with van der Waals surface area (Å²) in [7, 11) is 0. The summed E-state index contributed by atoms with van der Waals surface area (Å²) in [6.45, 7) is 3.10. The molecule has 1 aliphatic carbocycles. The highest BCUT2D eigenvalue weighted by Crippen LogP contribution is 2.37. The van der Waals surface area contributed by atoms with Crippen LogP contribution in [0.3, 0.4) is 0 Å². The normalized spacial score (nSPS) is 28.1. The highest BCUT2D eigenvalue weighted by molar-refractivity contribution is 9.10. The molecule has 0 radical (unpaired) electrons. The second-order valence-corrected chi connectivity index (χ2v) is 6.80. The molecule has 3 heteroatoms. The fraction of sp³-hybridized carbons (Fsp3) is 0.625. The zero-order valence-corrected chi connectivity index (χ0v) is 12.9. The summed E-state index contributed by atoms with van der Waals surface area (Å²) in [4.78, 5) is 0. The van der Waals surface area contributed by atoms with Gasteiger partial charge in [-0.25, -0.2) is 0 Å². The molecule has 1 N–H and O–H groups in total. The third kappa shape index (κ3) is 3.59. The van der Waals surface area contributed by atoms with Gasteiger partial charge in [0.25, 0.3) is 0 Å². The summed E-state index contributed by atoms with van der Waals surface area (Å²) in [5.74, 6) is 1.60. The van der Waals surface area contributed by atoms with Crippen LogP contribution in [0.2, 0.25) is 0 Å². The van der Waals surface area contributed by atoms with Gasteiger partial charge in [0, 0.05) is 23.7 Å². The van der Waals surface area contributed by atoms with E-state index in [-0.39, 0.29) is 0 Å². The minimum absolute atomic E-state index is 0.733. The number of nitrogens with one attached hydrogen (secondary N) is 1. The van der Waals surface area contributed by atoms with Gasteiger partial charge in [-0.3, -0.25) is 0 Å². The van der Waals surface area contributed by atoms with E-state index in [2.05, 4.69) is 45.5 Å². The average Bonchev–Trinajstić information content (AvgIpc) is 2.40. The summed E-state index contributed by atoms with van der Waals surface area (Å²) in [6, 6.07) is 9.54. The van der Waals surface area contributed by atoms with Gasteiger partial charge in [0.15, 0.2) is 0 Å². The smallest absolute Gasteiger partial charge is 0.0469 e. The van der Waals surface area contributed by atoms with Gasteiger partial charge < -0.3 is 10.1 Å². The van der Waals surface area contributed by atoms with Gasteiger partial charge in [-0.15, -0.1) is 0 Å². The molecule has 1 aromatic rings. The fourth-order valence-corrected chi connectivity index (χ4v) is 3.34. The molecule has 2 aliphatic rings. The predicted molar refractivity (Wildman–Crippen MR) is 81.5 cm³/mol. The molecule has 1 aliphatic heterocycles. The number of halogens is 1. The molecule has 0 unspecified atom stereocenters. The van der Waals surface area contributed by atoms with Crippen molar-refractivity contribution in [3.63, 3.8) is 0 Å². The average molecular weight is 324 g/mol. The van der Waals surface area contributed by atoms with Crippen LogP contribution >= 0.6 is 15.9 Å². The molecule has 1 saturated heterocycles. The van der Waals surface area contributed by atoms with Crippen LogP contribution in [0.5, 0.6) is 0 Å². The van der Waals surface area contributed by atoms with E-state index < -0.39 is 0 Å². The van der Waals surface area contributed by atoms with E-state index in [1.54, 1.807) is 0 Å². The van der Waals surface area contributed by atoms with E-state index in [1.807, 2.05) is 0 Å². The molecule has 3 rings (SSSR count). The van der Waals surface area contributed by atoms with Crippen molar-refractivity contribution in [3.05, 3.63) is 34.3 Å². The molecule has 1 heterocycles. The third-order valence-electron chi connectivity index (χ3n) is 4.52. The summed E-state index contributed by atoms with van der Waals surface area (Å²) < 4.78 is 6.57. The molecular formula is C16H22BrNO. The maximum absolute atomic E-state index is 5.40. The Kier molecular flexibility index (Phi) is 4.57. The lowest BCUT2D eigenvalue weighted by Gasteiger charge is -2.37. The first-order valence-electron chi connectivity index (χ1n) is 7.38. The number of hydrogen-bond acceptors (Lipinski definition) is 2. The first-order chi connectivity index (χ1) is 9.31. The Morgan fingerprint density at radius 3 is 2.47 bits per heavy atom. The van der Waals surface area contributed by atoms with E-state index in [9.17, 15) is 0 Å². The molecule has 0 bridgehead atoms. The zero-order valence-electron chi connectivity index (χ0n) is 11.3. The molecule has 1 aromatic carbocycles. The van der Waals surface area contributed by atoms with Crippen LogP contribution in [0.25, 0.3) is 0 Å². The molecule has 0 aromatic heterocycles. The fourth-order valence-electron chi connectivity index (χ4n) is 3.08. The Morgan fingerprint density at radius 2 is 1.79 bits per heavy atom. The summed E-state index contributed by atoms with van der Waals surface area (Å²) in [6.07, 6.45) is 5.06. The lowest BCUT2D eigenvalue weighted by atomic mass is 9.75. The molecule has 0 spiro atoms. The van der Waals surface area contributed by atoms with Crippen molar-refractivity contribution in [2.45, 2.75) is 37.6 Å². The van der Waals surface area contributed by atoms with Gasteiger partial charge in [0.1, 0.15) is 0 Å². The summed E-state index contributed by atoms with van der Waals surface area (Å²) in [5, 5.41) is 3.74. The lowest BCUT2D eigenvalue weighted by molar-refractivity contribution is 0.0640. The van der Waals surface area contributed by atoms with E-state index in [4.69, 9.17) is 4.74 Å². The van der Waals surface area contributed by atoms with Crippen LogP contribution in [-0.4, -0.2) is 25.8 Å². The highest BCUT2D eigenvalue weighted by Gasteiger charge is 2.30. The first-order valence-corrected chi connectivity index (χ1v) is 8.17.